The standard InChI is InChI=1S/C20H23ClFNO3/c1-4-17(23-13(2)12-18(24)25-3)15-10-11-16(21)20(19(15)22)26-14-8-6-5-7-9-14/h5-11,13,17,23H,4,12H2,1-3H3/t13-,17+/m0/s1. The Bertz CT molecular complexity index is 739. The third-order valence-corrected chi connectivity index (χ3v) is 4.31. The second kappa shape index (κ2) is 9.55. The van der Waals surface area contributed by atoms with E-state index in [0.717, 1.165) is 0 Å². The summed E-state index contributed by atoms with van der Waals surface area (Å²) >= 11 is 6.15. The highest BCUT2D eigenvalue weighted by molar-refractivity contribution is 6.32. The number of carbonyl (C=O) groups excluding carboxylic acids is 1. The maximum Gasteiger partial charge on any atom is 0.307 e. The van der Waals surface area contributed by atoms with Crippen LogP contribution in [0.2, 0.25) is 5.02 Å². The van der Waals surface area contributed by atoms with Gasteiger partial charge in [-0.05, 0) is 31.5 Å². The normalized spacial score (nSPS) is 13.1. The number of ether oxygens (including phenoxy) is 2. The number of methoxy groups -OCH3 is 1. The first-order valence-corrected chi connectivity index (χ1v) is 8.87. The topological polar surface area (TPSA) is 47.6 Å². The molecule has 6 heteroatoms. The molecule has 140 valence electrons. The Morgan fingerprint density at radius 2 is 1.92 bits per heavy atom. The quantitative estimate of drug-likeness (QED) is 0.635. The molecule has 0 aliphatic carbocycles. The van der Waals surface area contributed by atoms with Crippen LogP contribution in [-0.4, -0.2) is 19.1 Å². The van der Waals surface area contributed by atoms with Gasteiger partial charge in [0.15, 0.2) is 11.6 Å². The van der Waals surface area contributed by atoms with Gasteiger partial charge in [0, 0.05) is 17.6 Å². The summed E-state index contributed by atoms with van der Waals surface area (Å²) in [5.41, 5.74) is 0.444. The summed E-state index contributed by atoms with van der Waals surface area (Å²) in [7, 11) is 1.35. The summed E-state index contributed by atoms with van der Waals surface area (Å²) in [6.45, 7) is 3.79. The number of esters is 1. The van der Waals surface area contributed by atoms with Crippen molar-refractivity contribution in [2.45, 2.75) is 38.8 Å². The van der Waals surface area contributed by atoms with Crippen molar-refractivity contribution in [3.63, 3.8) is 0 Å². The first kappa shape index (κ1) is 20.2. The third kappa shape index (κ3) is 5.19. The van der Waals surface area contributed by atoms with Gasteiger partial charge in [0.2, 0.25) is 0 Å². The second-order valence-electron chi connectivity index (χ2n) is 6.00. The van der Waals surface area contributed by atoms with E-state index in [1.165, 1.54) is 7.11 Å². The number of nitrogens with one attached hydrogen (secondary N) is 1. The van der Waals surface area contributed by atoms with E-state index in [2.05, 4.69) is 10.1 Å². The summed E-state index contributed by atoms with van der Waals surface area (Å²) in [5, 5.41) is 3.46. The fraction of sp³-hybridized carbons (Fsp3) is 0.350. The Morgan fingerprint density at radius 3 is 2.54 bits per heavy atom. The van der Waals surface area contributed by atoms with Gasteiger partial charge in [-0.1, -0.05) is 42.8 Å². The van der Waals surface area contributed by atoms with Gasteiger partial charge < -0.3 is 14.8 Å². The molecular formula is C20H23ClFNO3. The van der Waals surface area contributed by atoms with Crippen LogP contribution in [-0.2, 0) is 9.53 Å². The van der Waals surface area contributed by atoms with E-state index < -0.39 is 5.82 Å². The van der Waals surface area contributed by atoms with Crippen LogP contribution in [0.1, 0.15) is 38.3 Å². The molecule has 0 aromatic heterocycles. The fourth-order valence-corrected chi connectivity index (χ4v) is 2.86. The molecule has 0 saturated heterocycles. The molecule has 0 saturated carbocycles. The van der Waals surface area contributed by atoms with Crippen LogP contribution in [0, 0.1) is 5.82 Å². The van der Waals surface area contributed by atoms with Gasteiger partial charge in [0.05, 0.1) is 18.6 Å². The van der Waals surface area contributed by atoms with Gasteiger partial charge in [0.25, 0.3) is 0 Å². The largest absolute Gasteiger partial charge is 0.469 e. The number of rotatable bonds is 8. The Labute approximate surface area is 158 Å². The smallest absolute Gasteiger partial charge is 0.307 e. The van der Waals surface area contributed by atoms with Crippen molar-refractivity contribution in [3.8, 4) is 11.5 Å². The summed E-state index contributed by atoms with van der Waals surface area (Å²) in [4.78, 5) is 11.4. The van der Waals surface area contributed by atoms with E-state index in [1.807, 2.05) is 19.9 Å². The van der Waals surface area contributed by atoms with Crippen molar-refractivity contribution < 1.29 is 18.7 Å². The van der Waals surface area contributed by atoms with Crippen molar-refractivity contribution in [2.24, 2.45) is 0 Å². The van der Waals surface area contributed by atoms with Crippen LogP contribution >= 0.6 is 11.6 Å². The average molecular weight is 380 g/mol. The lowest BCUT2D eigenvalue weighted by Gasteiger charge is -2.23. The zero-order valence-corrected chi connectivity index (χ0v) is 15.8. The predicted molar refractivity (Wildman–Crippen MR) is 100 cm³/mol. The van der Waals surface area contributed by atoms with Crippen LogP contribution < -0.4 is 10.1 Å². The molecule has 0 amide bonds. The highest BCUT2D eigenvalue weighted by Crippen LogP contribution is 2.36. The molecule has 0 radical (unpaired) electrons. The summed E-state index contributed by atoms with van der Waals surface area (Å²) in [5.74, 6) is -0.322. The van der Waals surface area contributed by atoms with E-state index in [4.69, 9.17) is 16.3 Å². The van der Waals surface area contributed by atoms with Crippen LogP contribution in [0.3, 0.4) is 0 Å². The number of carbonyl (C=O) groups is 1. The molecule has 0 bridgehead atoms. The van der Waals surface area contributed by atoms with Gasteiger partial charge in [-0.3, -0.25) is 4.79 Å². The molecule has 26 heavy (non-hydrogen) atoms. The first-order valence-electron chi connectivity index (χ1n) is 8.49. The minimum atomic E-state index is -0.508. The fourth-order valence-electron chi connectivity index (χ4n) is 2.68. The maximum absolute atomic E-state index is 15.1. The van der Waals surface area contributed by atoms with Crippen molar-refractivity contribution >= 4 is 17.6 Å². The molecule has 2 rings (SSSR count). The summed E-state index contributed by atoms with van der Waals surface area (Å²) in [6, 6.07) is 11.7. The lowest BCUT2D eigenvalue weighted by molar-refractivity contribution is -0.141. The monoisotopic (exact) mass is 379 g/mol. The molecule has 0 heterocycles. The van der Waals surface area contributed by atoms with Crippen LogP contribution in [0.5, 0.6) is 11.5 Å². The minimum Gasteiger partial charge on any atom is -0.469 e. The Morgan fingerprint density at radius 1 is 1.23 bits per heavy atom. The summed E-state index contributed by atoms with van der Waals surface area (Å²) in [6.07, 6.45) is 0.838. The highest BCUT2D eigenvalue weighted by Gasteiger charge is 2.22. The van der Waals surface area contributed by atoms with Crippen molar-refractivity contribution in [1.82, 2.24) is 5.32 Å². The average Bonchev–Trinajstić information content (AvgIpc) is 2.64. The second-order valence-corrected chi connectivity index (χ2v) is 6.41. The molecule has 1 N–H and O–H groups in total. The number of hydrogen-bond donors (Lipinski definition) is 1. The van der Waals surface area contributed by atoms with Crippen LogP contribution in [0.25, 0.3) is 0 Å². The molecule has 0 unspecified atom stereocenters. The number of para-hydroxylation sites is 1. The number of benzene rings is 2. The van der Waals surface area contributed by atoms with Crippen LogP contribution in [0.4, 0.5) is 4.39 Å². The zero-order chi connectivity index (χ0) is 19.1. The van der Waals surface area contributed by atoms with Gasteiger partial charge in [-0.2, -0.15) is 0 Å². The third-order valence-electron chi connectivity index (χ3n) is 4.01. The van der Waals surface area contributed by atoms with Crippen molar-refractivity contribution in [3.05, 3.63) is 58.9 Å². The molecule has 0 spiro atoms. The molecule has 0 fully saturated rings. The Kier molecular flexibility index (Phi) is 7.42. The Balaban J connectivity index is 2.24. The van der Waals surface area contributed by atoms with E-state index in [0.29, 0.717) is 17.7 Å². The highest BCUT2D eigenvalue weighted by atomic mass is 35.5. The SMILES string of the molecule is CC[C@@H](N[C@@H](C)CC(=O)OC)c1ccc(Cl)c(Oc2ccccc2)c1F. The molecule has 2 aromatic rings. The van der Waals surface area contributed by atoms with Gasteiger partial charge in [0.1, 0.15) is 5.75 Å². The van der Waals surface area contributed by atoms with Gasteiger partial charge in [-0.15, -0.1) is 0 Å². The summed E-state index contributed by atoms with van der Waals surface area (Å²) < 4.78 is 25.4. The van der Waals surface area contributed by atoms with Crippen LogP contribution in [0.15, 0.2) is 42.5 Å². The van der Waals surface area contributed by atoms with E-state index >= 15 is 4.39 Å². The number of halogens is 2. The van der Waals surface area contributed by atoms with E-state index in [1.54, 1.807) is 36.4 Å². The molecule has 4 nitrogen and oxygen atoms in total. The number of hydrogen-bond acceptors (Lipinski definition) is 4. The lowest BCUT2D eigenvalue weighted by Crippen LogP contribution is -2.33. The molecular weight excluding hydrogens is 357 g/mol. The first-order chi connectivity index (χ1) is 12.5. The van der Waals surface area contributed by atoms with Gasteiger partial charge in [-0.25, -0.2) is 4.39 Å². The van der Waals surface area contributed by atoms with Crippen molar-refractivity contribution in [1.29, 1.82) is 0 Å². The van der Waals surface area contributed by atoms with E-state index in [-0.39, 0.29) is 35.2 Å². The van der Waals surface area contributed by atoms with Crippen molar-refractivity contribution in [2.75, 3.05) is 7.11 Å². The Hall–Kier alpha value is -2.11. The van der Waals surface area contributed by atoms with E-state index in [9.17, 15) is 4.79 Å². The molecule has 2 atom stereocenters. The predicted octanol–water partition coefficient (Wildman–Crippen LogP) is 5.26. The molecule has 0 aliphatic rings. The lowest BCUT2D eigenvalue weighted by atomic mass is 10.0. The molecule has 0 aliphatic heterocycles. The maximum atomic E-state index is 15.1. The molecule has 2 aromatic carbocycles. The van der Waals surface area contributed by atoms with Gasteiger partial charge >= 0.3 is 5.97 Å². The zero-order valence-electron chi connectivity index (χ0n) is 15.1. The minimum absolute atomic E-state index is 0.00348.